The summed E-state index contributed by atoms with van der Waals surface area (Å²) in [6.45, 7) is 7.30. The van der Waals surface area contributed by atoms with Gasteiger partial charge in [0.1, 0.15) is 0 Å². The van der Waals surface area contributed by atoms with Crippen molar-refractivity contribution in [2.45, 2.75) is 39.5 Å². The molecule has 5 nitrogen and oxygen atoms in total. The summed E-state index contributed by atoms with van der Waals surface area (Å²) in [7, 11) is 3.90. The largest absolute Gasteiger partial charge is 0.356 e. The second-order valence-corrected chi connectivity index (χ2v) is 7.62. The Morgan fingerprint density at radius 2 is 1.89 bits per heavy atom. The molecule has 0 saturated carbocycles. The molecule has 0 amide bonds. The zero-order valence-electron chi connectivity index (χ0n) is 17.2. The van der Waals surface area contributed by atoms with Crippen molar-refractivity contribution in [3.63, 3.8) is 0 Å². The van der Waals surface area contributed by atoms with Gasteiger partial charge in [-0.2, -0.15) is 5.10 Å². The molecule has 0 atom stereocenters. The number of aromatic nitrogens is 2. The van der Waals surface area contributed by atoms with E-state index >= 15 is 0 Å². The minimum atomic E-state index is 0.780. The van der Waals surface area contributed by atoms with E-state index in [9.17, 15) is 0 Å². The predicted octanol–water partition coefficient (Wildman–Crippen LogP) is 3.11. The van der Waals surface area contributed by atoms with Crippen molar-refractivity contribution in [2.24, 2.45) is 18.0 Å². The number of aliphatic imine (C=N–C) groups is 1. The van der Waals surface area contributed by atoms with Crippen molar-refractivity contribution < 1.29 is 0 Å². The number of piperidine rings is 1. The predicted molar refractivity (Wildman–Crippen MR) is 112 cm³/mol. The van der Waals surface area contributed by atoms with Crippen LogP contribution in [0.5, 0.6) is 0 Å². The van der Waals surface area contributed by atoms with Crippen LogP contribution in [0.1, 0.15) is 35.4 Å². The molecule has 27 heavy (non-hydrogen) atoms. The van der Waals surface area contributed by atoms with Crippen LogP contribution in [-0.2, 0) is 19.9 Å². The quantitative estimate of drug-likeness (QED) is 0.652. The van der Waals surface area contributed by atoms with E-state index in [1.165, 1.54) is 36.1 Å². The van der Waals surface area contributed by atoms with E-state index in [2.05, 4.69) is 64.5 Å². The molecule has 3 rings (SSSR count). The zero-order valence-corrected chi connectivity index (χ0v) is 17.2. The number of guanidine groups is 1. The second kappa shape index (κ2) is 9.07. The van der Waals surface area contributed by atoms with Crippen molar-refractivity contribution >= 4 is 5.96 Å². The lowest BCUT2D eigenvalue weighted by Crippen LogP contribution is -2.46. The average molecular weight is 368 g/mol. The minimum Gasteiger partial charge on any atom is -0.356 e. The summed E-state index contributed by atoms with van der Waals surface area (Å²) in [4.78, 5) is 6.92. The highest BCUT2D eigenvalue weighted by atomic mass is 15.3. The van der Waals surface area contributed by atoms with Crippen molar-refractivity contribution in [3.05, 3.63) is 52.8 Å². The van der Waals surface area contributed by atoms with Crippen molar-refractivity contribution in [2.75, 3.05) is 26.7 Å². The van der Waals surface area contributed by atoms with Gasteiger partial charge in [0.25, 0.3) is 0 Å². The number of aryl methyl sites for hydroxylation is 2. The van der Waals surface area contributed by atoms with Gasteiger partial charge in [-0.25, -0.2) is 0 Å². The maximum absolute atomic E-state index is 4.51. The summed E-state index contributed by atoms with van der Waals surface area (Å²) in [5.41, 5.74) is 5.20. The van der Waals surface area contributed by atoms with Crippen molar-refractivity contribution in [3.8, 4) is 0 Å². The number of likely N-dealkylation sites (tertiary alicyclic amines) is 1. The fourth-order valence-corrected chi connectivity index (χ4v) is 4.11. The molecule has 146 valence electrons. The lowest BCUT2D eigenvalue weighted by atomic mass is 9.90. The average Bonchev–Trinajstić information content (AvgIpc) is 2.93. The number of rotatable bonds is 5. The number of nitrogens with zero attached hydrogens (tertiary/aromatic N) is 4. The topological polar surface area (TPSA) is 45.5 Å². The molecule has 5 heteroatoms. The SMILES string of the molecule is CN=C(NCCc1c(C)nn(C)c1C)N1CCC(Cc2ccccc2)CC1. The smallest absolute Gasteiger partial charge is 0.193 e. The summed E-state index contributed by atoms with van der Waals surface area (Å²) >= 11 is 0. The van der Waals surface area contributed by atoms with Gasteiger partial charge in [0.05, 0.1) is 5.69 Å². The fourth-order valence-electron chi connectivity index (χ4n) is 4.11. The van der Waals surface area contributed by atoms with Gasteiger partial charge in [-0.05, 0) is 56.6 Å². The van der Waals surface area contributed by atoms with Gasteiger partial charge in [0.2, 0.25) is 0 Å². The summed E-state index contributed by atoms with van der Waals surface area (Å²) in [6.07, 6.45) is 4.64. The molecule has 0 unspecified atom stereocenters. The Balaban J connectivity index is 1.46. The van der Waals surface area contributed by atoms with Gasteiger partial charge in [-0.15, -0.1) is 0 Å². The maximum atomic E-state index is 4.51. The summed E-state index contributed by atoms with van der Waals surface area (Å²) in [5.74, 6) is 1.81. The van der Waals surface area contributed by atoms with Gasteiger partial charge in [-0.3, -0.25) is 9.67 Å². The highest BCUT2D eigenvalue weighted by Gasteiger charge is 2.21. The van der Waals surface area contributed by atoms with Crippen LogP contribution in [0.25, 0.3) is 0 Å². The van der Waals surface area contributed by atoms with Gasteiger partial charge < -0.3 is 10.2 Å². The van der Waals surface area contributed by atoms with E-state index in [-0.39, 0.29) is 0 Å². The van der Waals surface area contributed by atoms with Gasteiger partial charge in [-0.1, -0.05) is 30.3 Å². The Bertz CT molecular complexity index is 755. The monoisotopic (exact) mass is 367 g/mol. The third-order valence-corrected chi connectivity index (χ3v) is 5.81. The molecule has 1 aromatic carbocycles. The number of hydrogen-bond acceptors (Lipinski definition) is 2. The van der Waals surface area contributed by atoms with Crippen LogP contribution >= 0.6 is 0 Å². The Hall–Kier alpha value is -2.30. The molecule has 0 spiro atoms. The Morgan fingerprint density at radius 3 is 2.48 bits per heavy atom. The van der Waals surface area contributed by atoms with Crippen molar-refractivity contribution in [1.29, 1.82) is 0 Å². The molecular formula is C22H33N5. The first-order chi connectivity index (χ1) is 13.1. The highest BCUT2D eigenvalue weighted by molar-refractivity contribution is 5.80. The van der Waals surface area contributed by atoms with Crippen LogP contribution in [0.3, 0.4) is 0 Å². The lowest BCUT2D eigenvalue weighted by Gasteiger charge is -2.34. The third-order valence-electron chi connectivity index (χ3n) is 5.81. The second-order valence-electron chi connectivity index (χ2n) is 7.62. The lowest BCUT2D eigenvalue weighted by molar-refractivity contribution is 0.259. The number of nitrogens with one attached hydrogen (secondary N) is 1. The van der Waals surface area contributed by atoms with Gasteiger partial charge in [0.15, 0.2) is 5.96 Å². The van der Waals surface area contributed by atoms with Gasteiger partial charge in [0, 0.05) is 39.4 Å². The van der Waals surface area contributed by atoms with Crippen LogP contribution < -0.4 is 5.32 Å². The molecule has 2 aromatic rings. The van der Waals surface area contributed by atoms with Crippen LogP contribution in [0.15, 0.2) is 35.3 Å². The molecule has 1 aliphatic heterocycles. The first-order valence-corrected chi connectivity index (χ1v) is 10.1. The molecule has 0 aliphatic carbocycles. The van der Waals surface area contributed by atoms with E-state index in [4.69, 9.17) is 0 Å². The van der Waals surface area contributed by atoms with Crippen LogP contribution in [0.4, 0.5) is 0 Å². The number of hydrogen-bond donors (Lipinski definition) is 1. The standard InChI is InChI=1S/C22H33N5/c1-17-21(18(2)26(4)25-17)10-13-24-22(23-3)27-14-11-20(12-15-27)16-19-8-6-5-7-9-19/h5-9,20H,10-16H2,1-4H3,(H,23,24). The molecule has 1 N–H and O–H groups in total. The van der Waals surface area contributed by atoms with Crippen LogP contribution in [0, 0.1) is 19.8 Å². The Kier molecular flexibility index (Phi) is 6.54. The summed E-state index contributed by atoms with van der Waals surface area (Å²) < 4.78 is 1.97. The van der Waals surface area contributed by atoms with E-state index in [1.807, 2.05) is 18.8 Å². The Morgan fingerprint density at radius 1 is 1.19 bits per heavy atom. The molecule has 1 fully saturated rings. The molecule has 1 aliphatic rings. The van der Waals surface area contributed by atoms with E-state index in [0.717, 1.165) is 43.6 Å². The number of benzene rings is 1. The van der Waals surface area contributed by atoms with Crippen molar-refractivity contribution in [1.82, 2.24) is 20.0 Å². The summed E-state index contributed by atoms with van der Waals surface area (Å²) in [5, 5.41) is 8.06. The third kappa shape index (κ3) is 4.90. The zero-order chi connectivity index (χ0) is 19.2. The van der Waals surface area contributed by atoms with Crippen LogP contribution in [-0.4, -0.2) is 47.3 Å². The highest BCUT2D eigenvalue weighted by Crippen LogP contribution is 2.21. The van der Waals surface area contributed by atoms with Gasteiger partial charge >= 0.3 is 0 Å². The van der Waals surface area contributed by atoms with E-state index < -0.39 is 0 Å². The molecule has 2 heterocycles. The molecular weight excluding hydrogens is 334 g/mol. The minimum absolute atomic E-state index is 0.780. The molecule has 1 saturated heterocycles. The summed E-state index contributed by atoms with van der Waals surface area (Å²) in [6, 6.07) is 10.9. The van der Waals surface area contributed by atoms with Crippen LogP contribution in [0.2, 0.25) is 0 Å². The normalized spacial score (nSPS) is 16.0. The fraction of sp³-hybridized carbons (Fsp3) is 0.545. The first-order valence-electron chi connectivity index (χ1n) is 10.1. The van der Waals surface area contributed by atoms with E-state index in [0.29, 0.717) is 0 Å². The van der Waals surface area contributed by atoms with E-state index in [1.54, 1.807) is 0 Å². The molecule has 0 bridgehead atoms. The Labute approximate surface area is 163 Å². The maximum Gasteiger partial charge on any atom is 0.193 e. The first kappa shape index (κ1) is 19.5. The molecule has 0 radical (unpaired) electrons. The molecule has 1 aromatic heterocycles.